The minimum absolute atomic E-state index is 0.0642. The molecule has 0 radical (unpaired) electrons. The fourth-order valence-electron chi connectivity index (χ4n) is 4.59. The molecule has 0 unspecified atom stereocenters. The average Bonchev–Trinajstić information content (AvgIpc) is 3.10. The molecule has 0 spiro atoms. The van der Waals surface area contributed by atoms with Crippen LogP contribution >= 0.6 is 15.9 Å². The first-order valence-corrected chi connectivity index (χ1v) is 15.2. The van der Waals surface area contributed by atoms with Crippen LogP contribution in [0.2, 0.25) is 0 Å². The summed E-state index contributed by atoms with van der Waals surface area (Å²) in [5, 5.41) is 3.00. The first kappa shape index (κ1) is 29.5. The molecule has 1 atom stereocenters. The highest BCUT2D eigenvalue weighted by molar-refractivity contribution is 9.10. The minimum Gasteiger partial charge on any atom is -0.350 e. The van der Waals surface area contributed by atoms with Crippen LogP contribution in [0.5, 0.6) is 0 Å². The maximum absolute atomic E-state index is 13.9. The summed E-state index contributed by atoms with van der Waals surface area (Å²) in [6.45, 7) is 5.40. The van der Waals surface area contributed by atoms with Gasteiger partial charge in [0, 0.05) is 35.9 Å². The number of rotatable bonds is 9. The monoisotopic (exact) mass is 625 g/mol. The summed E-state index contributed by atoms with van der Waals surface area (Å²) in [6, 6.07) is 22.0. The van der Waals surface area contributed by atoms with E-state index in [2.05, 4.69) is 21.2 Å². The Labute approximate surface area is 243 Å². The van der Waals surface area contributed by atoms with Gasteiger partial charge in [-0.25, -0.2) is 12.7 Å². The van der Waals surface area contributed by atoms with Crippen molar-refractivity contribution < 1.29 is 22.8 Å². The standard InChI is InChI=1S/C30H32BrN3O5S/c1-30(2,3)32-28(36)25(19-21-9-5-4-6-10-21)33(20-22-13-15-23(31)16-14-22)27(35)17-18-34-29(37)24-11-7-8-12-26(24)40(34,38)39/h4-16,25H,17-20H2,1-3H3,(H,32,36)/t25-/m0/s1. The summed E-state index contributed by atoms with van der Waals surface area (Å²) in [7, 11) is -4.06. The number of hydrogen-bond donors (Lipinski definition) is 1. The number of fused-ring (bicyclic) bond motifs is 1. The Hall–Kier alpha value is -3.50. The van der Waals surface area contributed by atoms with E-state index in [4.69, 9.17) is 0 Å². The molecule has 0 fully saturated rings. The van der Waals surface area contributed by atoms with Crippen molar-refractivity contribution in [3.8, 4) is 0 Å². The Balaban J connectivity index is 1.65. The van der Waals surface area contributed by atoms with Crippen LogP contribution in [0.25, 0.3) is 0 Å². The molecule has 210 valence electrons. The smallest absolute Gasteiger partial charge is 0.269 e. The predicted molar refractivity (Wildman–Crippen MR) is 156 cm³/mol. The van der Waals surface area contributed by atoms with Crippen molar-refractivity contribution in [2.24, 2.45) is 0 Å². The van der Waals surface area contributed by atoms with E-state index in [1.54, 1.807) is 12.1 Å². The Morgan fingerprint density at radius 1 is 0.925 bits per heavy atom. The number of nitrogens with zero attached hydrogens (tertiary/aromatic N) is 2. The van der Waals surface area contributed by atoms with E-state index >= 15 is 0 Å². The number of sulfonamides is 1. The molecule has 0 bridgehead atoms. The molecular weight excluding hydrogens is 594 g/mol. The molecule has 3 aromatic carbocycles. The van der Waals surface area contributed by atoms with Gasteiger partial charge in [-0.3, -0.25) is 14.4 Å². The molecule has 8 nitrogen and oxygen atoms in total. The summed E-state index contributed by atoms with van der Waals surface area (Å²) in [4.78, 5) is 41.8. The maximum Gasteiger partial charge on any atom is 0.269 e. The molecule has 0 saturated heterocycles. The zero-order valence-electron chi connectivity index (χ0n) is 22.6. The van der Waals surface area contributed by atoms with Gasteiger partial charge in [0.25, 0.3) is 15.9 Å². The molecular formula is C30H32BrN3O5S. The zero-order valence-corrected chi connectivity index (χ0v) is 25.0. The second-order valence-corrected chi connectivity index (χ2v) is 13.5. The normalized spacial score (nSPS) is 14.9. The number of carbonyl (C=O) groups excluding carboxylic acids is 3. The van der Waals surface area contributed by atoms with Crippen molar-refractivity contribution >= 4 is 43.7 Å². The fraction of sp³-hybridized carbons (Fsp3) is 0.300. The summed E-state index contributed by atoms with van der Waals surface area (Å²) >= 11 is 3.42. The topological polar surface area (TPSA) is 104 Å². The van der Waals surface area contributed by atoms with Gasteiger partial charge in [-0.05, 0) is 56.2 Å². The van der Waals surface area contributed by atoms with Crippen LogP contribution in [0.15, 0.2) is 88.2 Å². The van der Waals surface area contributed by atoms with E-state index in [0.717, 1.165) is 19.9 Å². The molecule has 4 rings (SSSR count). The molecule has 10 heteroatoms. The molecule has 1 heterocycles. The number of benzene rings is 3. The van der Waals surface area contributed by atoms with Crippen LogP contribution in [0.1, 0.15) is 48.7 Å². The van der Waals surface area contributed by atoms with Crippen LogP contribution in [0.4, 0.5) is 0 Å². The summed E-state index contributed by atoms with van der Waals surface area (Å²) < 4.78 is 27.7. The van der Waals surface area contributed by atoms with Gasteiger partial charge in [0.15, 0.2) is 0 Å². The van der Waals surface area contributed by atoms with Crippen molar-refractivity contribution in [1.29, 1.82) is 0 Å². The van der Waals surface area contributed by atoms with Gasteiger partial charge in [-0.15, -0.1) is 0 Å². The highest BCUT2D eigenvalue weighted by Gasteiger charge is 2.41. The number of halogens is 1. The van der Waals surface area contributed by atoms with E-state index in [9.17, 15) is 22.8 Å². The van der Waals surface area contributed by atoms with Gasteiger partial charge < -0.3 is 10.2 Å². The Bertz CT molecular complexity index is 1500. The van der Waals surface area contributed by atoms with E-state index in [0.29, 0.717) is 0 Å². The SMILES string of the molecule is CC(C)(C)NC(=O)[C@H](Cc1ccccc1)N(Cc1ccc(Br)cc1)C(=O)CCN1C(=O)c2ccccc2S1(=O)=O. The van der Waals surface area contributed by atoms with Crippen molar-refractivity contribution in [3.05, 3.63) is 100 Å². The number of amides is 3. The zero-order chi connectivity index (χ0) is 29.1. The van der Waals surface area contributed by atoms with Gasteiger partial charge >= 0.3 is 0 Å². The third-order valence-electron chi connectivity index (χ3n) is 6.48. The van der Waals surface area contributed by atoms with Gasteiger partial charge in [-0.2, -0.15) is 0 Å². The van der Waals surface area contributed by atoms with E-state index in [1.165, 1.54) is 17.0 Å². The van der Waals surface area contributed by atoms with Gasteiger partial charge in [0.2, 0.25) is 11.8 Å². The second-order valence-electron chi connectivity index (χ2n) is 10.7. The first-order valence-electron chi connectivity index (χ1n) is 12.9. The van der Waals surface area contributed by atoms with Crippen molar-refractivity contribution in [3.63, 3.8) is 0 Å². The minimum atomic E-state index is -4.06. The van der Waals surface area contributed by atoms with E-state index in [-0.39, 0.29) is 42.3 Å². The molecule has 3 amide bonds. The van der Waals surface area contributed by atoms with Gasteiger partial charge in [-0.1, -0.05) is 70.5 Å². The van der Waals surface area contributed by atoms with Gasteiger partial charge in [0.05, 0.1) is 5.56 Å². The number of carbonyl (C=O) groups is 3. The quantitative estimate of drug-likeness (QED) is 0.376. The third-order valence-corrected chi connectivity index (χ3v) is 8.85. The molecule has 0 aliphatic carbocycles. The lowest BCUT2D eigenvalue weighted by Gasteiger charge is -2.34. The molecule has 0 aromatic heterocycles. The lowest BCUT2D eigenvalue weighted by molar-refractivity contribution is -0.142. The van der Waals surface area contributed by atoms with Crippen LogP contribution in [0, 0.1) is 0 Å². The second kappa shape index (κ2) is 11.9. The summed E-state index contributed by atoms with van der Waals surface area (Å²) in [6.07, 6.45) is -0.0129. The van der Waals surface area contributed by atoms with Crippen molar-refractivity contribution in [1.82, 2.24) is 14.5 Å². The molecule has 40 heavy (non-hydrogen) atoms. The van der Waals surface area contributed by atoms with Crippen LogP contribution in [-0.2, 0) is 32.6 Å². The average molecular weight is 627 g/mol. The first-order chi connectivity index (χ1) is 18.9. The van der Waals surface area contributed by atoms with E-state index < -0.39 is 33.4 Å². The number of hydrogen-bond acceptors (Lipinski definition) is 5. The Kier molecular flexibility index (Phi) is 8.80. The van der Waals surface area contributed by atoms with Crippen molar-refractivity contribution in [2.75, 3.05) is 6.54 Å². The summed E-state index contributed by atoms with van der Waals surface area (Å²) in [5.41, 5.74) is 1.22. The Morgan fingerprint density at radius 3 is 2.17 bits per heavy atom. The fourth-order valence-corrected chi connectivity index (χ4v) is 6.42. The maximum atomic E-state index is 13.9. The largest absolute Gasteiger partial charge is 0.350 e. The van der Waals surface area contributed by atoms with Crippen molar-refractivity contribution in [2.45, 2.75) is 56.6 Å². The summed E-state index contributed by atoms with van der Waals surface area (Å²) in [5.74, 6) is -1.42. The number of nitrogens with one attached hydrogen (secondary N) is 1. The lowest BCUT2D eigenvalue weighted by Crippen LogP contribution is -2.54. The third kappa shape index (κ3) is 6.79. The van der Waals surface area contributed by atoms with E-state index in [1.807, 2.05) is 75.4 Å². The molecule has 1 aliphatic heterocycles. The molecule has 0 saturated carbocycles. The van der Waals surface area contributed by atoms with Gasteiger partial charge in [0.1, 0.15) is 10.9 Å². The van der Waals surface area contributed by atoms with Crippen LogP contribution < -0.4 is 5.32 Å². The molecule has 3 aromatic rings. The predicted octanol–water partition coefficient (Wildman–Crippen LogP) is 4.54. The Morgan fingerprint density at radius 2 is 1.55 bits per heavy atom. The highest BCUT2D eigenvalue weighted by atomic mass is 79.9. The lowest BCUT2D eigenvalue weighted by atomic mass is 10.0. The van der Waals surface area contributed by atoms with Crippen LogP contribution in [0.3, 0.4) is 0 Å². The highest BCUT2D eigenvalue weighted by Crippen LogP contribution is 2.30. The molecule has 1 aliphatic rings. The molecule has 1 N–H and O–H groups in total. The van der Waals surface area contributed by atoms with Crippen LogP contribution in [-0.4, -0.2) is 53.5 Å².